The summed E-state index contributed by atoms with van der Waals surface area (Å²) in [4.78, 5) is 7.62. The maximum absolute atomic E-state index is 13.9. The lowest BCUT2D eigenvalue weighted by Crippen LogP contribution is -2.09. The molecule has 4 aromatic rings. The Balaban J connectivity index is 1.89. The van der Waals surface area contributed by atoms with Gasteiger partial charge < -0.3 is 4.98 Å². The minimum Gasteiger partial charge on any atom is -0.361 e. The predicted molar refractivity (Wildman–Crippen MR) is 110 cm³/mol. The lowest BCUT2D eigenvalue weighted by Gasteiger charge is -2.17. The van der Waals surface area contributed by atoms with Crippen molar-refractivity contribution in [3.05, 3.63) is 101 Å². The Kier molecular flexibility index (Phi) is 3.91. The number of para-hydroxylation sites is 2. The van der Waals surface area contributed by atoms with E-state index in [2.05, 4.69) is 9.98 Å². The third kappa shape index (κ3) is 2.86. The first-order chi connectivity index (χ1) is 14.0. The van der Waals surface area contributed by atoms with Crippen LogP contribution < -0.4 is 0 Å². The van der Waals surface area contributed by atoms with Crippen LogP contribution in [0.15, 0.2) is 84.0 Å². The van der Waals surface area contributed by atoms with Gasteiger partial charge in [-0.15, -0.1) is 0 Å². The van der Waals surface area contributed by atoms with Crippen LogP contribution >= 0.6 is 0 Å². The van der Waals surface area contributed by atoms with Gasteiger partial charge in [-0.3, -0.25) is 4.99 Å². The molecular weight excluding hydrogens is 373 g/mol. The molecular formula is C24H15F3N2. The van der Waals surface area contributed by atoms with Gasteiger partial charge in [-0.25, -0.2) is 0 Å². The van der Waals surface area contributed by atoms with E-state index in [9.17, 15) is 13.2 Å². The van der Waals surface area contributed by atoms with Crippen molar-refractivity contribution in [1.29, 1.82) is 0 Å². The smallest absolute Gasteiger partial charge is 0.361 e. The van der Waals surface area contributed by atoms with Gasteiger partial charge in [0.05, 0.1) is 11.3 Å². The summed E-state index contributed by atoms with van der Waals surface area (Å²) in [7, 11) is 0. The number of benzene rings is 3. The van der Waals surface area contributed by atoms with Gasteiger partial charge in [-0.2, -0.15) is 13.2 Å². The van der Waals surface area contributed by atoms with Crippen LogP contribution in [0, 0.1) is 0 Å². The van der Waals surface area contributed by atoms with E-state index >= 15 is 0 Å². The maximum Gasteiger partial charge on any atom is 0.417 e. The molecule has 1 aliphatic heterocycles. The molecule has 0 bridgehead atoms. The van der Waals surface area contributed by atoms with E-state index in [-0.39, 0.29) is 5.56 Å². The van der Waals surface area contributed by atoms with Gasteiger partial charge in [0.25, 0.3) is 0 Å². The molecule has 0 saturated heterocycles. The summed E-state index contributed by atoms with van der Waals surface area (Å²) in [6, 6.07) is 20.8. The van der Waals surface area contributed by atoms with Crippen molar-refractivity contribution in [2.45, 2.75) is 6.18 Å². The van der Waals surface area contributed by atoms with E-state index in [1.54, 1.807) is 18.5 Å². The Bertz CT molecular complexity index is 1290. The number of halogens is 3. The van der Waals surface area contributed by atoms with Crippen LogP contribution in [-0.4, -0.2) is 11.2 Å². The third-order valence-electron chi connectivity index (χ3n) is 5.16. The van der Waals surface area contributed by atoms with Crippen molar-refractivity contribution in [2.24, 2.45) is 4.99 Å². The molecule has 0 atom stereocenters. The van der Waals surface area contributed by atoms with Gasteiger partial charge in [0.1, 0.15) is 0 Å². The van der Waals surface area contributed by atoms with Crippen LogP contribution in [0.2, 0.25) is 0 Å². The van der Waals surface area contributed by atoms with Crippen molar-refractivity contribution >= 4 is 34.0 Å². The molecule has 1 aromatic heterocycles. The third-order valence-corrected chi connectivity index (χ3v) is 5.16. The number of fused-ring (bicyclic) bond motifs is 2. The van der Waals surface area contributed by atoms with Crippen LogP contribution in [0.3, 0.4) is 0 Å². The van der Waals surface area contributed by atoms with Gasteiger partial charge in [-0.1, -0.05) is 54.6 Å². The topological polar surface area (TPSA) is 28.1 Å². The number of H-pyrrole nitrogens is 1. The number of hydrogen-bond donors (Lipinski definition) is 1. The predicted octanol–water partition coefficient (Wildman–Crippen LogP) is 6.86. The highest BCUT2D eigenvalue weighted by atomic mass is 19.4. The number of rotatable bonds is 2. The number of allylic oxidation sites excluding steroid dienone is 1. The standard InChI is InChI=1S/C24H15F3N2/c25-24(26,27)20-10-4-1-9-17(20)23(18-13-28-21-11-5-2-7-15(18)21)19-14-29-22-12-6-3-8-16(19)22/h1-14,28H. The zero-order valence-electron chi connectivity index (χ0n) is 15.2. The van der Waals surface area contributed by atoms with Crippen molar-refractivity contribution in [3.63, 3.8) is 0 Å². The van der Waals surface area contributed by atoms with Crippen molar-refractivity contribution in [1.82, 2.24) is 4.98 Å². The Morgan fingerprint density at radius 1 is 0.793 bits per heavy atom. The van der Waals surface area contributed by atoms with Crippen molar-refractivity contribution in [3.8, 4) is 0 Å². The molecule has 1 N–H and O–H groups in total. The molecule has 0 aliphatic carbocycles. The number of aromatic nitrogens is 1. The van der Waals surface area contributed by atoms with E-state index in [1.165, 1.54) is 12.1 Å². The summed E-state index contributed by atoms with van der Waals surface area (Å²) in [5, 5.41) is 0.866. The second-order valence-corrected chi connectivity index (χ2v) is 6.86. The first-order valence-corrected chi connectivity index (χ1v) is 9.15. The average molecular weight is 388 g/mol. The first kappa shape index (κ1) is 17.5. The zero-order chi connectivity index (χ0) is 20.0. The molecule has 0 unspecified atom stereocenters. The molecule has 0 saturated carbocycles. The van der Waals surface area contributed by atoms with Gasteiger partial charge in [0, 0.05) is 45.6 Å². The molecule has 2 nitrogen and oxygen atoms in total. The zero-order valence-corrected chi connectivity index (χ0v) is 15.2. The maximum atomic E-state index is 13.9. The van der Waals surface area contributed by atoms with Crippen LogP contribution in [0.1, 0.15) is 22.3 Å². The number of aromatic amines is 1. The van der Waals surface area contributed by atoms with E-state index in [0.29, 0.717) is 11.1 Å². The second-order valence-electron chi connectivity index (χ2n) is 6.86. The van der Waals surface area contributed by atoms with Crippen LogP contribution in [0.5, 0.6) is 0 Å². The molecule has 5 heteroatoms. The number of alkyl halides is 3. The van der Waals surface area contributed by atoms with E-state index in [1.807, 2.05) is 48.5 Å². The minimum absolute atomic E-state index is 0.142. The Morgan fingerprint density at radius 3 is 2.38 bits per heavy atom. The van der Waals surface area contributed by atoms with E-state index in [4.69, 9.17) is 0 Å². The highest BCUT2D eigenvalue weighted by molar-refractivity contribution is 6.28. The fraction of sp³-hybridized carbons (Fsp3) is 0.0417. The summed E-state index contributed by atoms with van der Waals surface area (Å²) in [5.74, 6) is 0. The van der Waals surface area contributed by atoms with Gasteiger partial charge in [-0.05, 0) is 23.8 Å². The number of hydrogen-bond acceptors (Lipinski definition) is 1. The lowest BCUT2D eigenvalue weighted by molar-refractivity contribution is -0.137. The molecule has 29 heavy (non-hydrogen) atoms. The first-order valence-electron chi connectivity index (χ1n) is 9.15. The summed E-state index contributed by atoms with van der Waals surface area (Å²) >= 11 is 0. The molecule has 3 aromatic carbocycles. The number of nitrogens with zero attached hydrogens (tertiary/aromatic N) is 1. The highest BCUT2D eigenvalue weighted by Crippen LogP contribution is 2.44. The molecule has 2 heterocycles. The van der Waals surface area contributed by atoms with Crippen molar-refractivity contribution in [2.75, 3.05) is 0 Å². The molecule has 0 radical (unpaired) electrons. The second kappa shape index (κ2) is 6.48. The Hall–Kier alpha value is -3.60. The molecule has 0 spiro atoms. The lowest BCUT2D eigenvalue weighted by atomic mass is 9.87. The SMILES string of the molecule is FC(F)(F)c1ccccc1C(=C1C=Nc2ccccc21)c1c[nH]c2ccccc12. The molecule has 5 rings (SSSR count). The van der Waals surface area contributed by atoms with Crippen LogP contribution in [-0.2, 0) is 6.18 Å². The Labute approximate surface area is 165 Å². The van der Waals surface area contributed by atoms with E-state index < -0.39 is 11.7 Å². The number of nitrogens with one attached hydrogen (secondary N) is 1. The molecule has 0 amide bonds. The van der Waals surface area contributed by atoms with Gasteiger partial charge in [0.2, 0.25) is 0 Å². The molecule has 142 valence electrons. The van der Waals surface area contributed by atoms with Crippen LogP contribution in [0.4, 0.5) is 18.9 Å². The molecule has 1 aliphatic rings. The summed E-state index contributed by atoms with van der Waals surface area (Å²) in [6.07, 6.45) is -1.03. The average Bonchev–Trinajstić information content (AvgIpc) is 3.34. The molecule has 0 fully saturated rings. The van der Waals surface area contributed by atoms with Crippen molar-refractivity contribution < 1.29 is 13.2 Å². The monoisotopic (exact) mass is 388 g/mol. The highest BCUT2D eigenvalue weighted by Gasteiger charge is 2.35. The minimum atomic E-state index is -4.47. The summed E-state index contributed by atoms with van der Waals surface area (Å²) < 4.78 is 41.6. The fourth-order valence-corrected chi connectivity index (χ4v) is 3.88. The summed E-state index contributed by atoms with van der Waals surface area (Å²) in [6.45, 7) is 0. The normalized spacial score (nSPS) is 15.0. The summed E-state index contributed by atoms with van der Waals surface area (Å²) in [5.41, 5.74) is 3.84. The van der Waals surface area contributed by atoms with Gasteiger partial charge in [0.15, 0.2) is 0 Å². The fourth-order valence-electron chi connectivity index (χ4n) is 3.88. The Morgan fingerprint density at radius 2 is 1.52 bits per heavy atom. The van der Waals surface area contributed by atoms with Crippen LogP contribution in [0.25, 0.3) is 22.0 Å². The number of aliphatic imine (C=N–C) groups is 1. The van der Waals surface area contributed by atoms with Gasteiger partial charge >= 0.3 is 6.18 Å². The quantitative estimate of drug-likeness (QED) is 0.388. The van der Waals surface area contributed by atoms with E-state index in [0.717, 1.165) is 33.8 Å². The largest absolute Gasteiger partial charge is 0.417 e.